The van der Waals surface area contributed by atoms with Gasteiger partial charge in [-0.15, -0.1) is 11.8 Å². The first-order valence-corrected chi connectivity index (χ1v) is 7.27. The van der Waals surface area contributed by atoms with E-state index in [1.807, 2.05) is 0 Å². The Morgan fingerprint density at radius 2 is 2.10 bits per heavy atom. The third-order valence-electron chi connectivity index (χ3n) is 2.68. The number of nitrogens with zero attached hydrogens (tertiary/aromatic N) is 1. The minimum absolute atomic E-state index is 0.249. The second kappa shape index (κ2) is 7.13. The summed E-state index contributed by atoms with van der Waals surface area (Å²) in [6.45, 7) is 3.50. The average Bonchev–Trinajstić information content (AvgIpc) is 2.38. The normalized spacial score (nSPS) is 14.6. The molecule has 1 atom stereocenters. The number of hydrogen-bond donors (Lipinski definition) is 1. The van der Waals surface area contributed by atoms with Crippen LogP contribution in [0.4, 0.5) is 13.2 Å². The Morgan fingerprint density at radius 1 is 1.43 bits per heavy atom. The van der Waals surface area contributed by atoms with Crippen molar-refractivity contribution in [1.29, 1.82) is 0 Å². The zero-order valence-electron chi connectivity index (χ0n) is 11.7. The number of pyridine rings is 1. The zero-order chi connectivity index (χ0) is 16.1. The molecule has 0 bridgehead atoms. The van der Waals surface area contributed by atoms with Crippen LogP contribution in [0.5, 0.6) is 0 Å². The number of halogens is 3. The van der Waals surface area contributed by atoms with Gasteiger partial charge in [-0.3, -0.25) is 4.79 Å². The maximum atomic E-state index is 12.4. The van der Waals surface area contributed by atoms with Crippen molar-refractivity contribution in [2.24, 2.45) is 5.73 Å². The molecule has 1 heterocycles. The van der Waals surface area contributed by atoms with E-state index in [0.717, 1.165) is 12.3 Å². The van der Waals surface area contributed by atoms with Crippen molar-refractivity contribution < 1.29 is 22.7 Å². The van der Waals surface area contributed by atoms with E-state index in [-0.39, 0.29) is 6.61 Å². The van der Waals surface area contributed by atoms with Gasteiger partial charge >= 0.3 is 12.1 Å². The lowest BCUT2D eigenvalue weighted by Gasteiger charge is -2.21. The highest BCUT2D eigenvalue weighted by atomic mass is 32.2. The summed E-state index contributed by atoms with van der Waals surface area (Å²) in [5.41, 5.74) is 3.93. The second-order valence-corrected chi connectivity index (χ2v) is 5.73. The van der Waals surface area contributed by atoms with Crippen LogP contribution >= 0.6 is 11.8 Å². The molecule has 0 aliphatic heterocycles. The first kappa shape index (κ1) is 17.8. The highest BCUT2D eigenvalue weighted by molar-refractivity contribution is 7.99. The van der Waals surface area contributed by atoms with Gasteiger partial charge in [-0.2, -0.15) is 13.2 Å². The fourth-order valence-electron chi connectivity index (χ4n) is 1.40. The summed E-state index contributed by atoms with van der Waals surface area (Å²) < 4.78 is 42.0. The molecule has 1 aromatic rings. The lowest BCUT2D eigenvalue weighted by Crippen LogP contribution is -2.46. The SMILES string of the molecule is CCOC(=O)C(C)(N)CCSc1ccc(C(F)(F)F)cn1. The van der Waals surface area contributed by atoms with Gasteiger partial charge in [0.2, 0.25) is 0 Å². The second-order valence-electron chi connectivity index (χ2n) is 4.62. The predicted molar refractivity (Wildman–Crippen MR) is 73.8 cm³/mol. The third-order valence-corrected chi connectivity index (χ3v) is 3.62. The van der Waals surface area contributed by atoms with E-state index in [4.69, 9.17) is 10.5 Å². The summed E-state index contributed by atoms with van der Waals surface area (Å²) in [5.74, 6) is -0.0459. The molecule has 2 N–H and O–H groups in total. The molecule has 118 valence electrons. The number of esters is 1. The minimum Gasteiger partial charge on any atom is -0.465 e. The molecule has 0 aromatic carbocycles. The van der Waals surface area contributed by atoms with E-state index in [0.29, 0.717) is 17.2 Å². The van der Waals surface area contributed by atoms with Gasteiger partial charge in [0.25, 0.3) is 0 Å². The van der Waals surface area contributed by atoms with Gasteiger partial charge in [0.1, 0.15) is 5.54 Å². The lowest BCUT2D eigenvalue weighted by atomic mass is 10.0. The number of aromatic nitrogens is 1. The molecule has 0 aliphatic carbocycles. The summed E-state index contributed by atoms with van der Waals surface area (Å²) in [6, 6.07) is 2.27. The molecule has 0 fully saturated rings. The fraction of sp³-hybridized carbons (Fsp3) is 0.538. The molecule has 0 amide bonds. The van der Waals surface area contributed by atoms with Crippen LogP contribution in [0.3, 0.4) is 0 Å². The molecule has 0 saturated heterocycles. The number of hydrogen-bond acceptors (Lipinski definition) is 5. The number of rotatable bonds is 6. The van der Waals surface area contributed by atoms with Crippen LogP contribution in [-0.4, -0.2) is 28.9 Å². The fourth-order valence-corrected chi connectivity index (χ4v) is 2.43. The molecule has 21 heavy (non-hydrogen) atoms. The van der Waals surface area contributed by atoms with Crippen molar-refractivity contribution in [3.63, 3.8) is 0 Å². The van der Waals surface area contributed by atoms with Gasteiger partial charge < -0.3 is 10.5 Å². The Labute approximate surface area is 125 Å². The summed E-state index contributed by atoms with van der Waals surface area (Å²) in [5, 5.41) is 0.447. The van der Waals surface area contributed by atoms with E-state index in [2.05, 4.69) is 4.98 Å². The first-order valence-electron chi connectivity index (χ1n) is 6.29. The Kier molecular flexibility index (Phi) is 6.03. The number of carbonyl (C=O) groups is 1. The van der Waals surface area contributed by atoms with Gasteiger partial charge in [0, 0.05) is 11.9 Å². The van der Waals surface area contributed by atoms with Crippen LogP contribution in [0.25, 0.3) is 0 Å². The maximum absolute atomic E-state index is 12.4. The highest BCUT2D eigenvalue weighted by Crippen LogP contribution is 2.29. The molecule has 8 heteroatoms. The number of thioether (sulfide) groups is 1. The van der Waals surface area contributed by atoms with Crippen LogP contribution in [-0.2, 0) is 15.7 Å². The Hall–Kier alpha value is -1.28. The van der Waals surface area contributed by atoms with Gasteiger partial charge in [0.05, 0.1) is 17.2 Å². The van der Waals surface area contributed by atoms with Crippen molar-refractivity contribution in [3.05, 3.63) is 23.9 Å². The summed E-state index contributed by atoms with van der Waals surface area (Å²) in [7, 11) is 0. The number of carbonyl (C=O) groups excluding carboxylic acids is 1. The quantitative estimate of drug-likeness (QED) is 0.644. The number of alkyl halides is 3. The van der Waals surface area contributed by atoms with Gasteiger partial charge in [-0.25, -0.2) is 4.98 Å². The van der Waals surface area contributed by atoms with Crippen molar-refractivity contribution in [1.82, 2.24) is 4.98 Å². The summed E-state index contributed by atoms with van der Waals surface area (Å²) >= 11 is 1.24. The van der Waals surface area contributed by atoms with Crippen LogP contribution in [0.1, 0.15) is 25.8 Å². The van der Waals surface area contributed by atoms with Crippen molar-refractivity contribution in [2.75, 3.05) is 12.4 Å². The summed E-state index contributed by atoms with van der Waals surface area (Å²) in [4.78, 5) is 15.3. The van der Waals surface area contributed by atoms with Gasteiger partial charge in [-0.05, 0) is 32.4 Å². The molecule has 0 spiro atoms. The van der Waals surface area contributed by atoms with Crippen LogP contribution in [0.2, 0.25) is 0 Å². The molecule has 1 rings (SSSR count). The maximum Gasteiger partial charge on any atom is 0.417 e. The topological polar surface area (TPSA) is 65.2 Å². The van der Waals surface area contributed by atoms with E-state index in [1.165, 1.54) is 17.8 Å². The molecule has 0 radical (unpaired) electrons. The minimum atomic E-state index is -4.39. The Morgan fingerprint density at radius 3 is 2.57 bits per heavy atom. The Balaban J connectivity index is 2.51. The standard InChI is InChI=1S/C13H17F3N2O2S/c1-3-20-11(19)12(2,17)6-7-21-10-5-4-9(8-18-10)13(14,15)16/h4-5,8H,3,6-7,17H2,1-2H3. The molecular weight excluding hydrogens is 305 g/mol. The monoisotopic (exact) mass is 322 g/mol. The zero-order valence-corrected chi connectivity index (χ0v) is 12.6. The largest absolute Gasteiger partial charge is 0.465 e. The van der Waals surface area contributed by atoms with Crippen molar-refractivity contribution in [3.8, 4) is 0 Å². The Bertz CT molecular complexity index is 475. The van der Waals surface area contributed by atoms with E-state index < -0.39 is 23.2 Å². The molecule has 0 saturated carbocycles. The van der Waals surface area contributed by atoms with Crippen molar-refractivity contribution >= 4 is 17.7 Å². The molecule has 4 nitrogen and oxygen atoms in total. The van der Waals surface area contributed by atoms with Crippen LogP contribution in [0.15, 0.2) is 23.4 Å². The first-order chi connectivity index (χ1) is 9.66. The average molecular weight is 322 g/mol. The molecule has 0 aliphatic rings. The summed E-state index contributed by atoms with van der Waals surface area (Å²) in [6.07, 6.45) is -3.27. The third kappa shape index (κ3) is 5.55. The number of nitrogens with two attached hydrogens (primary N) is 1. The van der Waals surface area contributed by atoms with Gasteiger partial charge in [0.15, 0.2) is 0 Å². The van der Waals surface area contributed by atoms with Crippen LogP contribution < -0.4 is 5.73 Å². The number of ether oxygens (including phenoxy) is 1. The molecule has 1 unspecified atom stereocenters. The molecular formula is C13H17F3N2O2S. The predicted octanol–water partition coefficient (Wildman–Crippen LogP) is 2.86. The lowest BCUT2D eigenvalue weighted by molar-refractivity contribution is -0.149. The van der Waals surface area contributed by atoms with Gasteiger partial charge in [-0.1, -0.05) is 0 Å². The van der Waals surface area contributed by atoms with E-state index in [1.54, 1.807) is 13.8 Å². The smallest absolute Gasteiger partial charge is 0.417 e. The van der Waals surface area contributed by atoms with E-state index >= 15 is 0 Å². The molecule has 1 aromatic heterocycles. The van der Waals surface area contributed by atoms with Crippen molar-refractivity contribution in [2.45, 2.75) is 37.0 Å². The van der Waals surface area contributed by atoms with E-state index in [9.17, 15) is 18.0 Å². The highest BCUT2D eigenvalue weighted by Gasteiger charge is 2.31. The van der Waals surface area contributed by atoms with Crippen LogP contribution in [0, 0.1) is 0 Å².